The summed E-state index contributed by atoms with van der Waals surface area (Å²) >= 11 is 0. The van der Waals surface area contributed by atoms with E-state index in [-0.39, 0.29) is 17.5 Å². The van der Waals surface area contributed by atoms with Crippen LogP contribution in [0.4, 0.5) is 0 Å². The summed E-state index contributed by atoms with van der Waals surface area (Å²) in [5.41, 5.74) is 2.51. The summed E-state index contributed by atoms with van der Waals surface area (Å²) < 4.78 is 0. The number of carbonyl (C=O) groups is 2. The van der Waals surface area contributed by atoms with Crippen LogP contribution in [0.1, 0.15) is 70.6 Å². The molecule has 3 saturated carbocycles. The third kappa shape index (κ3) is 1.99. The summed E-state index contributed by atoms with van der Waals surface area (Å²) in [5.74, 6) is 2.90. The van der Waals surface area contributed by atoms with Crippen molar-refractivity contribution in [3.63, 3.8) is 0 Å². The van der Waals surface area contributed by atoms with E-state index in [4.69, 9.17) is 0 Å². The van der Waals surface area contributed by atoms with Crippen molar-refractivity contribution in [1.82, 2.24) is 0 Å². The van der Waals surface area contributed by atoms with Gasteiger partial charge >= 0.3 is 0 Å². The fourth-order valence-corrected chi connectivity index (χ4v) is 7.17. The molecule has 0 bridgehead atoms. The fraction of sp³-hybridized carbons (Fsp3) is 0.810. The molecular weight excluding hydrogens is 284 g/mol. The molecule has 2 heteroatoms. The van der Waals surface area contributed by atoms with Gasteiger partial charge in [-0.1, -0.05) is 31.3 Å². The highest BCUT2D eigenvalue weighted by atomic mass is 16.2. The molecule has 0 heterocycles. The summed E-state index contributed by atoms with van der Waals surface area (Å²) in [6.07, 6.45) is 13.7. The molecule has 3 fully saturated rings. The monoisotopic (exact) mass is 312 g/mol. The normalized spacial score (nSPS) is 46.1. The Hall–Kier alpha value is -0.920. The third-order valence-electron chi connectivity index (χ3n) is 8.09. The molecule has 0 saturated heterocycles. The van der Waals surface area contributed by atoms with Gasteiger partial charge in [-0.05, 0) is 74.5 Å². The lowest BCUT2D eigenvalue weighted by Crippen LogP contribution is -2.48. The van der Waals surface area contributed by atoms with Gasteiger partial charge in [0.05, 0.1) is 0 Å². The van der Waals surface area contributed by atoms with Crippen molar-refractivity contribution < 1.29 is 9.59 Å². The van der Waals surface area contributed by atoms with E-state index in [1.807, 2.05) is 0 Å². The summed E-state index contributed by atoms with van der Waals surface area (Å²) in [4.78, 5) is 26.1. The molecule has 124 valence electrons. The lowest BCUT2D eigenvalue weighted by Gasteiger charge is -2.48. The van der Waals surface area contributed by atoms with Crippen LogP contribution >= 0.6 is 0 Å². The highest BCUT2D eigenvalue weighted by Gasteiger charge is 2.53. The maximum atomic E-state index is 13.1. The van der Waals surface area contributed by atoms with Gasteiger partial charge < -0.3 is 0 Å². The zero-order valence-corrected chi connectivity index (χ0v) is 14.1. The van der Waals surface area contributed by atoms with Crippen LogP contribution in [-0.2, 0) is 9.59 Å². The van der Waals surface area contributed by atoms with Gasteiger partial charge in [0.15, 0.2) is 0 Å². The number of fused-ring (bicyclic) bond motifs is 6. The molecular formula is C21H28O2. The predicted octanol–water partition coefficient (Wildman–Crippen LogP) is 4.48. The zero-order chi connectivity index (χ0) is 15.6. The van der Waals surface area contributed by atoms with Gasteiger partial charge in [0.25, 0.3) is 0 Å². The first-order valence-corrected chi connectivity index (χ1v) is 10.1. The van der Waals surface area contributed by atoms with Crippen LogP contribution < -0.4 is 0 Å². The lowest BCUT2D eigenvalue weighted by atomic mass is 9.54. The van der Waals surface area contributed by atoms with Crippen molar-refractivity contribution in [1.29, 1.82) is 0 Å². The molecule has 5 aliphatic rings. The van der Waals surface area contributed by atoms with Crippen LogP contribution in [-0.4, -0.2) is 11.6 Å². The van der Waals surface area contributed by atoms with E-state index < -0.39 is 0 Å². The Bertz CT molecular complexity index is 587. The average molecular weight is 312 g/mol. The maximum absolute atomic E-state index is 13.1. The van der Waals surface area contributed by atoms with Gasteiger partial charge in [-0.15, -0.1) is 0 Å². The second-order valence-corrected chi connectivity index (χ2v) is 8.89. The zero-order valence-electron chi connectivity index (χ0n) is 14.1. The molecule has 2 nitrogen and oxygen atoms in total. The fourth-order valence-electron chi connectivity index (χ4n) is 7.17. The molecule has 0 aromatic heterocycles. The Labute approximate surface area is 139 Å². The van der Waals surface area contributed by atoms with Crippen LogP contribution in [0.5, 0.6) is 0 Å². The van der Waals surface area contributed by atoms with Crippen LogP contribution in [0, 0.1) is 35.5 Å². The number of ketones is 2. The minimum atomic E-state index is -0.0367. The second kappa shape index (κ2) is 5.29. The standard InChI is InChI=1S/C21H28O2/c22-20-18-14-6-2-1-4-12(14)8-10-16(18)17-11-9-13-5-3-7-15(13)19(17)21(20)23/h12-15,17,19H,1-11H2. The van der Waals surface area contributed by atoms with E-state index in [2.05, 4.69) is 0 Å². The number of Topliss-reactive ketones (excluding diaryl/α,β-unsaturated/α-hetero) is 2. The van der Waals surface area contributed by atoms with Crippen molar-refractivity contribution in [2.75, 3.05) is 0 Å². The molecule has 0 spiro atoms. The van der Waals surface area contributed by atoms with Crippen molar-refractivity contribution in [2.45, 2.75) is 70.6 Å². The Morgan fingerprint density at radius 1 is 0.696 bits per heavy atom. The molecule has 6 atom stereocenters. The van der Waals surface area contributed by atoms with E-state index in [0.717, 1.165) is 24.3 Å². The number of hydrogen-bond acceptors (Lipinski definition) is 2. The Morgan fingerprint density at radius 3 is 2.43 bits per heavy atom. The number of hydrogen-bond donors (Lipinski definition) is 0. The van der Waals surface area contributed by atoms with Crippen LogP contribution in [0.3, 0.4) is 0 Å². The minimum Gasteiger partial charge on any atom is -0.290 e. The molecule has 5 aliphatic carbocycles. The highest BCUT2D eigenvalue weighted by molar-refractivity contribution is 6.45. The average Bonchev–Trinajstić information content (AvgIpc) is 3.07. The van der Waals surface area contributed by atoms with E-state index in [0.29, 0.717) is 23.7 Å². The van der Waals surface area contributed by atoms with Crippen molar-refractivity contribution >= 4 is 11.6 Å². The molecule has 6 unspecified atom stereocenters. The minimum absolute atomic E-state index is 0.0246. The summed E-state index contributed by atoms with van der Waals surface area (Å²) in [6.45, 7) is 0. The lowest BCUT2D eigenvalue weighted by molar-refractivity contribution is -0.142. The SMILES string of the molecule is O=C1C(=O)C2C(CCC3CCCC32)C2=C1C1CCCCC1CC2. The summed E-state index contributed by atoms with van der Waals surface area (Å²) in [5, 5.41) is 0. The number of allylic oxidation sites excluding steroid dienone is 2. The van der Waals surface area contributed by atoms with Crippen LogP contribution in [0.25, 0.3) is 0 Å². The number of carbonyl (C=O) groups excluding carboxylic acids is 2. The topological polar surface area (TPSA) is 34.1 Å². The van der Waals surface area contributed by atoms with Crippen molar-refractivity contribution in [3.8, 4) is 0 Å². The largest absolute Gasteiger partial charge is 0.290 e. The van der Waals surface area contributed by atoms with Crippen LogP contribution in [0.2, 0.25) is 0 Å². The predicted molar refractivity (Wildman–Crippen MR) is 88.8 cm³/mol. The smallest absolute Gasteiger partial charge is 0.225 e. The first-order chi connectivity index (χ1) is 11.3. The third-order valence-corrected chi connectivity index (χ3v) is 8.09. The highest BCUT2D eigenvalue weighted by Crippen LogP contribution is 2.56. The van der Waals surface area contributed by atoms with E-state index >= 15 is 0 Å². The van der Waals surface area contributed by atoms with Gasteiger partial charge in [-0.25, -0.2) is 0 Å². The second-order valence-electron chi connectivity index (χ2n) is 8.89. The van der Waals surface area contributed by atoms with Gasteiger partial charge in [-0.2, -0.15) is 0 Å². The van der Waals surface area contributed by atoms with E-state index in [1.165, 1.54) is 63.4 Å². The Morgan fingerprint density at radius 2 is 1.52 bits per heavy atom. The van der Waals surface area contributed by atoms with Gasteiger partial charge in [0, 0.05) is 11.5 Å². The van der Waals surface area contributed by atoms with Crippen LogP contribution in [0.15, 0.2) is 11.1 Å². The maximum Gasteiger partial charge on any atom is 0.225 e. The van der Waals surface area contributed by atoms with Crippen molar-refractivity contribution in [2.24, 2.45) is 35.5 Å². The molecule has 0 aromatic carbocycles. The van der Waals surface area contributed by atoms with Gasteiger partial charge in [0.2, 0.25) is 11.6 Å². The molecule has 0 aliphatic heterocycles. The van der Waals surface area contributed by atoms with Gasteiger partial charge in [0.1, 0.15) is 0 Å². The molecule has 5 rings (SSSR count). The molecule has 0 aromatic rings. The van der Waals surface area contributed by atoms with Gasteiger partial charge in [-0.3, -0.25) is 9.59 Å². The van der Waals surface area contributed by atoms with E-state index in [9.17, 15) is 9.59 Å². The quantitative estimate of drug-likeness (QED) is 0.618. The molecule has 0 N–H and O–H groups in total. The first kappa shape index (κ1) is 14.4. The summed E-state index contributed by atoms with van der Waals surface area (Å²) in [7, 11) is 0. The molecule has 0 amide bonds. The number of rotatable bonds is 0. The Balaban J connectivity index is 1.57. The summed E-state index contributed by atoms with van der Waals surface area (Å²) in [6, 6.07) is 0. The molecule has 23 heavy (non-hydrogen) atoms. The van der Waals surface area contributed by atoms with E-state index in [1.54, 1.807) is 0 Å². The Kier molecular flexibility index (Phi) is 3.32. The molecule has 0 radical (unpaired) electrons. The first-order valence-electron chi connectivity index (χ1n) is 10.1. The van der Waals surface area contributed by atoms with Crippen molar-refractivity contribution in [3.05, 3.63) is 11.1 Å².